The van der Waals surface area contributed by atoms with Crippen LogP contribution < -0.4 is 10.6 Å². The van der Waals surface area contributed by atoms with Gasteiger partial charge < -0.3 is 10.6 Å². The Morgan fingerprint density at radius 3 is 2.40 bits per heavy atom. The Labute approximate surface area is 142 Å². The first-order valence-corrected chi connectivity index (χ1v) is 7.48. The van der Waals surface area contributed by atoms with Crippen LogP contribution in [0.2, 0.25) is 0 Å². The van der Waals surface area contributed by atoms with E-state index in [1.165, 1.54) is 18.5 Å². The molecule has 0 spiro atoms. The van der Waals surface area contributed by atoms with Crippen LogP contribution in [0.25, 0.3) is 0 Å². The van der Waals surface area contributed by atoms with Crippen molar-refractivity contribution in [3.8, 4) is 0 Å². The molecule has 0 saturated carbocycles. The smallest absolute Gasteiger partial charge is 0.254 e. The first kappa shape index (κ1) is 16.5. The third-order valence-electron chi connectivity index (χ3n) is 3.39. The van der Waals surface area contributed by atoms with Gasteiger partial charge in [0.2, 0.25) is 5.95 Å². The molecule has 0 fully saturated rings. The van der Waals surface area contributed by atoms with Crippen molar-refractivity contribution in [2.24, 2.45) is 0 Å². The monoisotopic (exact) mass is 340 g/mol. The summed E-state index contributed by atoms with van der Waals surface area (Å²) in [6, 6.07) is 12.6. The Balaban J connectivity index is 1.62. The van der Waals surface area contributed by atoms with Crippen LogP contribution >= 0.6 is 0 Å². The maximum Gasteiger partial charge on any atom is 0.254 e. The number of halogens is 2. The molecule has 25 heavy (non-hydrogen) atoms. The molecule has 1 amide bonds. The van der Waals surface area contributed by atoms with E-state index < -0.39 is 11.6 Å². The minimum atomic E-state index is -0.756. The minimum Gasteiger partial charge on any atom is -0.348 e. The van der Waals surface area contributed by atoms with Gasteiger partial charge in [0, 0.05) is 25.0 Å². The Hall–Kier alpha value is -3.35. The van der Waals surface area contributed by atoms with Crippen molar-refractivity contribution in [3.05, 3.63) is 83.7 Å². The Bertz CT molecular complexity index is 870. The van der Waals surface area contributed by atoms with Gasteiger partial charge >= 0.3 is 0 Å². The zero-order chi connectivity index (χ0) is 17.6. The number of carbonyl (C=O) groups is 1. The summed E-state index contributed by atoms with van der Waals surface area (Å²) in [5.74, 6) is -1.64. The number of anilines is 2. The van der Waals surface area contributed by atoms with Crippen molar-refractivity contribution < 1.29 is 13.6 Å². The summed E-state index contributed by atoms with van der Waals surface area (Å²) in [4.78, 5) is 20.0. The number of nitrogens with one attached hydrogen (secondary N) is 2. The molecule has 0 aliphatic rings. The fourth-order valence-corrected chi connectivity index (χ4v) is 2.10. The minimum absolute atomic E-state index is 0.0441. The molecule has 0 saturated heterocycles. The molecule has 0 aliphatic carbocycles. The van der Waals surface area contributed by atoms with Gasteiger partial charge in [0.25, 0.3) is 5.91 Å². The zero-order valence-electron chi connectivity index (χ0n) is 13.0. The van der Waals surface area contributed by atoms with Crippen LogP contribution in [0.1, 0.15) is 15.9 Å². The molecule has 0 bridgehead atoms. The number of nitrogens with zero attached hydrogens (tertiary/aromatic N) is 2. The highest BCUT2D eigenvalue weighted by Crippen LogP contribution is 2.18. The van der Waals surface area contributed by atoms with Crippen molar-refractivity contribution >= 4 is 17.5 Å². The van der Waals surface area contributed by atoms with E-state index >= 15 is 0 Å². The molecule has 126 valence electrons. The van der Waals surface area contributed by atoms with Gasteiger partial charge in [-0.25, -0.2) is 18.7 Å². The number of rotatable bonds is 5. The molecule has 0 atom stereocenters. The van der Waals surface area contributed by atoms with E-state index in [4.69, 9.17) is 0 Å². The number of carbonyl (C=O) groups excluding carboxylic acids is 1. The Morgan fingerprint density at radius 1 is 1.00 bits per heavy atom. The van der Waals surface area contributed by atoms with Crippen LogP contribution in [0.4, 0.5) is 20.4 Å². The lowest BCUT2D eigenvalue weighted by atomic mass is 10.2. The van der Waals surface area contributed by atoms with E-state index in [0.717, 1.165) is 17.7 Å². The van der Waals surface area contributed by atoms with Crippen molar-refractivity contribution in [1.82, 2.24) is 15.3 Å². The van der Waals surface area contributed by atoms with E-state index in [-0.39, 0.29) is 23.1 Å². The normalized spacial score (nSPS) is 10.3. The van der Waals surface area contributed by atoms with Gasteiger partial charge in [0.05, 0.1) is 11.3 Å². The highest BCUT2D eigenvalue weighted by Gasteiger charge is 2.09. The number of hydrogen-bond donors (Lipinski definition) is 2. The molecule has 0 radical (unpaired) electrons. The Morgan fingerprint density at radius 2 is 1.72 bits per heavy atom. The second kappa shape index (κ2) is 7.48. The van der Waals surface area contributed by atoms with Gasteiger partial charge in [-0.3, -0.25) is 4.79 Å². The molecule has 1 aromatic heterocycles. The maximum absolute atomic E-state index is 13.6. The van der Waals surface area contributed by atoms with Crippen LogP contribution in [-0.4, -0.2) is 15.9 Å². The first-order valence-electron chi connectivity index (χ1n) is 7.48. The predicted octanol–water partition coefficient (Wildman–Crippen LogP) is 3.43. The largest absolute Gasteiger partial charge is 0.348 e. The van der Waals surface area contributed by atoms with Crippen LogP contribution in [0.3, 0.4) is 0 Å². The molecule has 1 heterocycles. The van der Waals surface area contributed by atoms with Crippen molar-refractivity contribution in [2.45, 2.75) is 6.54 Å². The average molecular weight is 340 g/mol. The highest BCUT2D eigenvalue weighted by atomic mass is 19.1. The lowest BCUT2D eigenvalue weighted by molar-refractivity contribution is 0.0950. The zero-order valence-corrected chi connectivity index (χ0v) is 13.0. The molecule has 3 aromatic rings. The van der Waals surface area contributed by atoms with E-state index in [2.05, 4.69) is 20.6 Å². The van der Waals surface area contributed by atoms with Crippen LogP contribution in [0, 0.1) is 11.6 Å². The molecule has 0 unspecified atom stereocenters. The second-order valence-electron chi connectivity index (χ2n) is 5.21. The molecular formula is C18H14F2N4O. The number of amides is 1. The molecule has 2 N–H and O–H groups in total. The highest BCUT2D eigenvalue weighted by molar-refractivity contribution is 5.93. The summed E-state index contributed by atoms with van der Waals surface area (Å²) in [5, 5.41) is 5.39. The predicted molar refractivity (Wildman–Crippen MR) is 89.3 cm³/mol. The third kappa shape index (κ3) is 4.35. The lowest BCUT2D eigenvalue weighted by Gasteiger charge is -2.07. The fourth-order valence-electron chi connectivity index (χ4n) is 2.10. The van der Waals surface area contributed by atoms with Gasteiger partial charge in [-0.2, -0.15) is 0 Å². The fraction of sp³-hybridized carbons (Fsp3) is 0.0556. The number of hydrogen-bond acceptors (Lipinski definition) is 4. The van der Waals surface area contributed by atoms with Crippen molar-refractivity contribution in [3.63, 3.8) is 0 Å². The quantitative estimate of drug-likeness (QED) is 0.747. The van der Waals surface area contributed by atoms with Crippen molar-refractivity contribution in [1.29, 1.82) is 0 Å². The van der Waals surface area contributed by atoms with E-state index in [9.17, 15) is 13.6 Å². The van der Waals surface area contributed by atoms with Crippen molar-refractivity contribution in [2.75, 3.05) is 5.32 Å². The maximum atomic E-state index is 13.6. The van der Waals surface area contributed by atoms with Gasteiger partial charge in [-0.1, -0.05) is 30.3 Å². The lowest BCUT2D eigenvalue weighted by Crippen LogP contribution is -2.23. The van der Waals surface area contributed by atoms with Crippen LogP contribution in [-0.2, 0) is 6.54 Å². The molecule has 7 heteroatoms. The van der Waals surface area contributed by atoms with E-state index in [1.54, 1.807) is 0 Å². The average Bonchev–Trinajstić information content (AvgIpc) is 2.63. The molecule has 5 nitrogen and oxygen atoms in total. The Kier molecular flexibility index (Phi) is 4.94. The molecule has 3 rings (SSSR count). The summed E-state index contributed by atoms with van der Waals surface area (Å²) in [6.45, 7) is 0.389. The SMILES string of the molecule is O=C(NCc1ccccc1)c1cnc(Nc2ccc(F)cc2F)nc1. The van der Waals surface area contributed by atoms with Gasteiger partial charge in [0.1, 0.15) is 11.6 Å². The summed E-state index contributed by atoms with van der Waals surface area (Å²) in [7, 11) is 0. The number of aromatic nitrogens is 2. The third-order valence-corrected chi connectivity index (χ3v) is 3.39. The molecule has 0 aliphatic heterocycles. The summed E-state index contributed by atoms with van der Waals surface area (Å²) < 4.78 is 26.5. The number of benzene rings is 2. The van der Waals surface area contributed by atoms with E-state index in [1.807, 2.05) is 30.3 Å². The van der Waals surface area contributed by atoms with Gasteiger partial charge in [-0.15, -0.1) is 0 Å². The topological polar surface area (TPSA) is 66.9 Å². The first-order chi connectivity index (χ1) is 12.1. The summed E-state index contributed by atoms with van der Waals surface area (Å²) >= 11 is 0. The van der Waals surface area contributed by atoms with E-state index in [0.29, 0.717) is 6.54 Å². The standard InChI is InChI=1S/C18H14F2N4O/c19-14-6-7-16(15(20)8-14)24-18-22-10-13(11-23-18)17(25)21-9-12-4-2-1-3-5-12/h1-8,10-11H,9H2,(H,21,25)(H,22,23,24). The second-order valence-corrected chi connectivity index (χ2v) is 5.21. The molecular weight excluding hydrogens is 326 g/mol. The van der Waals surface area contributed by atoms with Crippen LogP contribution in [0.5, 0.6) is 0 Å². The molecule has 2 aromatic carbocycles. The summed E-state index contributed by atoms with van der Waals surface area (Å²) in [5.41, 5.74) is 1.30. The van der Waals surface area contributed by atoms with Crippen LogP contribution in [0.15, 0.2) is 60.9 Å². The summed E-state index contributed by atoms with van der Waals surface area (Å²) in [6.07, 6.45) is 2.66. The van der Waals surface area contributed by atoms with Gasteiger partial charge in [-0.05, 0) is 17.7 Å². The van der Waals surface area contributed by atoms with Gasteiger partial charge in [0.15, 0.2) is 0 Å².